The van der Waals surface area contributed by atoms with E-state index in [4.69, 9.17) is 4.74 Å². The van der Waals surface area contributed by atoms with Crippen molar-refractivity contribution in [2.24, 2.45) is 0 Å². The Morgan fingerprint density at radius 3 is 2.45 bits per heavy atom. The van der Waals surface area contributed by atoms with Gasteiger partial charge >= 0.3 is 6.18 Å². The highest BCUT2D eigenvalue weighted by molar-refractivity contribution is 6.06. The van der Waals surface area contributed by atoms with Crippen molar-refractivity contribution >= 4 is 17.3 Å². The number of nitrogens with one attached hydrogen (secondary N) is 1. The number of rotatable bonds is 5. The molecular formula is C22H25F3N2O2. The van der Waals surface area contributed by atoms with Crippen molar-refractivity contribution in [2.75, 3.05) is 23.3 Å². The summed E-state index contributed by atoms with van der Waals surface area (Å²) in [5.74, 6) is 0.0599. The number of nitrogens with zero attached hydrogens (tertiary/aromatic N) is 1. The van der Waals surface area contributed by atoms with E-state index in [0.29, 0.717) is 17.0 Å². The second kappa shape index (κ2) is 8.76. The van der Waals surface area contributed by atoms with Crippen LogP contribution in [-0.4, -0.2) is 25.1 Å². The molecule has 0 spiro atoms. The van der Waals surface area contributed by atoms with Crippen LogP contribution in [0.5, 0.6) is 5.75 Å². The Balaban J connectivity index is 1.90. The van der Waals surface area contributed by atoms with E-state index in [1.165, 1.54) is 6.07 Å². The van der Waals surface area contributed by atoms with Crippen LogP contribution < -0.4 is 15.0 Å². The van der Waals surface area contributed by atoms with E-state index in [1.54, 1.807) is 24.3 Å². The molecule has 0 aromatic heterocycles. The Morgan fingerprint density at radius 2 is 1.79 bits per heavy atom. The summed E-state index contributed by atoms with van der Waals surface area (Å²) in [5.41, 5.74) is 0.318. The summed E-state index contributed by atoms with van der Waals surface area (Å²) in [4.78, 5) is 14.8. The van der Waals surface area contributed by atoms with Crippen LogP contribution in [0.25, 0.3) is 0 Å². The van der Waals surface area contributed by atoms with Gasteiger partial charge in [-0.05, 0) is 69.5 Å². The average Bonchev–Trinajstić information content (AvgIpc) is 2.67. The van der Waals surface area contributed by atoms with Gasteiger partial charge in [0.05, 0.1) is 23.0 Å². The van der Waals surface area contributed by atoms with Gasteiger partial charge in [0.1, 0.15) is 5.75 Å². The number of carbonyl (C=O) groups excluding carboxylic acids is 1. The topological polar surface area (TPSA) is 41.6 Å². The number of anilines is 2. The molecule has 1 heterocycles. The maximum absolute atomic E-state index is 13.2. The molecule has 4 nitrogen and oxygen atoms in total. The highest BCUT2D eigenvalue weighted by Gasteiger charge is 2.32. The second-order valence-corrected chi connectivity index (χ2v) is 7.43. The van der Waals surface area contributed by atoms with E-state index >= 15 is 0 Å². The third-order valence-electron chi connectivity index (χ3n) is 4.74. The van der Waals surface area contributed by atoms with Gasteiger partial charge in [0, 0.05) is 18.7 Å². The van der Waals surface area contributed by atoms with E-state index in [9.17, 15) is 18.0 Å². The molecule has 3 rings (SSSR count). The predicted octanol–water partition coefficient (Wildman–Crippen LogP) is 5.74. The van der Waals surface area contributed by atoms with Crippen molar-refractivity contribution in [1.29, 1.82) is 0 Å². The molecule has 0 radical (unpaired) electrons. The number of ether oxygens (including phenoxy) is 1. The van der Waals surface area contributed by atoms with Gasteiger partial charge < -0.3 is 15.0 Å². The Morgan fingerprint density at radius 1 is 1.07 bits per heavy atom. The zero-order valence-corrected chi connectivity index (χ0v) is 16.6. The molecule has 7 heteroatoms. The number of halogens is 3. The van der Waals surface area contributed by atoms with Crippen LogP contribution in [0.2, 0.25) is 0 Å². The summed E-state index contributed by atoms with van der Waals surface area (Å²) >= 11 is 0. The Kier molecular flexibility index (Phi) is 6.35. The number of benzene rings is 2. The fraction of sp³-hybridized carbons (Fsp3) is 0.409. The molecule has 0 aliphatic carbocycles. The first-order valence-corrected chi connectivity index (χ1v) is 9.78. The average molecular weight is 406 g/mol. The fourth-order valence-electron chi connectivity index (χ4n) is 3.40. The number of alkyl halides is 3. The fourth-order valence-corrected chi connectivity index (χ4v) is 3.40. The highest BCUT2D eigenvalue weighted by Crippen LogP contribution is 2.36. The van der Waals surface area contributed by atoms with Crippen molar-refractivity contribution in [3.8, 4) is 5.75 Å². The third-order valence-corrected chi connectivity index (χ3v) is 4.74. The minimum atomic E-state index is -4.48. The van der Waals surface area contributed by atoms with Gasteiger partial charge in [-0.1, -0.05) is 6.07 Å². The van der Waals surface area contributed by atoms with E-state index in [1.807, 2.05) is 18.7 Å². The first kappa shape index (κ1) is 21.0. The monoisotopic (exact) mass is 406 g/mol. The smallest absolute Gasteiger partial charge is 0.416 e. The highest BCUT2D eigenvalue weighted by atomic mass is 19.4. The summed E-state index contributed by atoms with van der Waals surface area (Å²) < 4.78 is 45.3. The normalized spacial score (nSPS) is 14.8. The summed E-state index contributed by atoms with van der Waals surface area (Å²) in [6, 6.07) is 10.1. The number of amides is 1. The zero-order chi connectivity index (χ0) is 21.0. The third kappa shape index (κ3) is 5.43. The molecule has 0 saturated carbocycles. The maximum atomic E-state index is 13.2. The maximum Gasteiger partial charge on any atom is 0.416 e. The number of carbonyl (C=O) groups is 1. The van der Waals surface area contributed by atoms with Gasteiger partial charge in [-0.15, -0.1) is 0 Å². The lowest BCUT2D eigenvalue weighted by Gasteiger charge is -2.31. The van der Waals surface area contributed by atoms with Gasteiger partial charge in [-0.3, -0.25) is 4.79 Å². The van der Waals surface area contributed by atoms with Crippen LogP contribution >= 0.6 is 0 Å². The lowest BCUT2D eigenvalue weighted by Crippen LogP contribution is -2.30. The van der Waals surface area contributed by atoms with Gasteiger partial charge in [-0.2, -0.15) is 13.2 Å². The summed E-state index contributed by atoms with van der Waals surface area (Å²) in [6.07, 6.45) is -1.49. The van der Waals surface area contributed by atoms with Crippen molar-refractivity contribution in [2.45, 2.75) is 45.4 Å². The van der Waals surface area contributed by atoms with Crippen molar-refractivity contribution in [3.05, 3.63) is 53.6 Å². The van der Waals surface area contributed by atoms with Gasteiger partial charge in [0.25, 0.3) is 5.91 Å². The molecule has 1 aliphatic heterocycles. The molecule has 1 saturated heterocycles. The van der Waals surface area contributed by atoms with E-state index in [0.717, 1.165) is 44.5 Å². The second-order valence-electron chi connectivity index (χ2n) is 7.43. The summed E-state index contributed by atoms with van der Waals surface area (Å²) in [5, 5.41) is 2.68. The van der Waals surface area contributed by atoms with Gasteiger partial charge in [0.2, 0.25) is 0 Å². The molecular weight excluding hydrogens is 381 g/mol. The molecule has 2 aromatic carbocycles. The molecule has 0 atom stereocenters. The number of piperidine rings is 1. The quantitative estimate of drug-likeness (QED) is 0.689. The minimum Gasteiger partial charge on any atom is -0.491 e. The van der Waals surface area contributed by atoms with Gasteiger partial charge in [0.15, 0.2) is 0 Å². The largest absolute Gasteiger partial charge is 0.491 e. The number of hydrogen-bond acceptors (Lipinski definition) is 3. The Hall–Kier alpha value is -2.70. The van der Waals surface area contributed by atoms with Crippen molar-refractivity contribution in [1.82, 2.24) is 0 Å². The van der Waals surface area contributed by atoms with E-state index in [-0.39, 0.29) is 11.8 Å². The molecule has 0 bridgehead atoms. The molecule has 1 fully saturated rings. The van der Waals surface area contributed by atoms with Crippen LogP contribution in [0.15, 0.2) is 42.5 Å². The van der Waals surface area contributed by atoms with Gasteiger partial charge in [-0.25, -0.2) is 0 Å². The SMILES string of the molecule is CC(C)Oc1cccc(C(=O)Nc2cc(C(F)(F)F)ccc2N2CCCCC2)c1. The molecule has 29 heavy (non-hydrogen) atoms. The number of hydrogen-bond donors (Lipinski definition) is 1. The summed E-state index contributed by atoms with van der Waals surface area (Å²) in [7, 11) is 0. The predicted molar refractivity (Wildman–Crippen MR) is 108 cm³/mol. The minimum absolute atomic E-state index is 0.0533. The summed E-state index contributed by atoms with van der Waals surface area (Å²) in [6.45, 7) is 5.26. The first-order chi connectivity index (χ1) is 13.7. The van der Waals surface area contributed by atoms with Crippen LogP contribution in [0, 0.1) is 0 Å². The molecule has 156 valence electrons. The lowest BCUT2D eigenvalue weighted by atomic mass is 10.1. The first-order valence-electron chi connectivity index (χ1n) is 9.78. The standard InChI is InChI=1S/C22H25F3N2O2/c1-15(2)29-18-8-6-7-16(13-18)21(28)26-19-14-17(22(23,24)25)9-10-20(19)27-11-4-3-5-12-27/h6-10,13-15H,3-5,11-12H2,1-2H3,(H,26,28). The van der Waals surface area contributed by atoms with Crippen LogP contribution in [0.3, 0.4) is 0 Å². The van der Waals surface area contributed by atoms with Crippen LogP contribution in [0.1, 0.15) is 49.0 Å². The zero-order valence-electron chi connectivity index (χ0n) is 16.6. The molecule has 1 aliphatic rings. The van der Waals surface area contributed by atoms with E-state index < -0.39 is 17.6 Å². The van der Waals surface area contributed by atoms with E-state index in [2.05, 4.69) is 5.32 Å². The Bertz CT molecular complexity index is 859. The van der Waals surface area contributed by atoms with Crippen LogP contribution in [-0.2, 0) is 6.18 Å². The molecule has 1 amide bonds. The van der Waals surface area contributed by atoms with Crippen molar-refractivity contribution in [3.63, 3.8) is 0 Å². The Labute approximate surface area is 168 Å². The lowest BCUT2D eigenvalue weighted by molar-refractivity contribution is -0.137. The van der Waals surface area contributed by atoms with Crippen LogP contribution in [0.4, 0.5) is 24.5 Å². The molecule has 0 unspecified atom stereocenters. The molecule has 2 aromatic rings. The molecule has 1 N–H and O–H groups in total. The van der Waals surface area contributed by atoms with Crippen molar-refractivity contribution < 1.29 is 22.7 Å².